The van der Waals surface area contributed by atoms with Crippen LogP contribution in [0.4, 0.5) is 0 Å². The van der Waals surface area contributed by atoms with Gasteiger partial charge in [0, 0.05) is 12.8 Å². The summed E-state index contributed by atoms with van der Waals surface area (Å²) in [7, 11) is 0. The van der Waals surface area contributed by atoms with E-state index in [2.05, 4.69) is 12.2 Å². The molecule has 0 rings (SSSR count). The van der Waals surface area contributed by atoms with E-state index in [1.165, 1.54) is 44.9 Å². The third-order valence-corrected chi connectivity index (χ3v) is 3.86. The van der Waals surface area contributed by atoms with Gasteiger partial charge in [-0.3, -0.25) is 9.59 Å². The molecule has 0 aliphatic rings. The summed E-state index contributed by atoms with van der Waals surface area (Å²) in [5.74, 6) is 0.160. The Kier molecular flexibility index (Phi) is 13.5. The number of ketones is 1. The summed E-state index contributed by atoms with van der Waals surface area (Å²) < 4.78 is 0. The quantitative estimate of drug-likeness (QED) is 0.469. The highest BCUT2D eigenvalue weighted by Crippen LogP contribution is 2.10. The van der Waals surface area contributed by atoms with E-state index in [1.54, 1.807) is 6.92 Å². The van der Waals surface area contributed by atoms with E-state index in [-0.39, 0.29) is 17.7 Å². The molecule has 1 atom stereocenters. The van der Waals surface area contributed by atoms with Crippen molar-refractivity contribution in [1.29, 1.82) is 0 Å². The fourth-order valence-corrected chi connectivity index (χ4v) is 2.45. The first kappa shape index (κ1) is 20.1. The number of carbonyl (C=O) groups is 2. The standard InChI is InChI=1S/C18H35NO2/c1-4-6-7-8-9-10-11-12-13-15-18(21)19-16(3)17(20)14-5-2/h16H,4-15H2,1-3H3,(H,19,21)/t16-/m1/s1. The molecule has 21 heavy (non-hydrogen) atoms. The first-order valence-electron chi connectivity index (χ1n) is 8.93. The van der Waals surface area contributed by atoms with Crippen LogP contribution in [0.3, 0.4) is 0 Å². The molecule has 0 spiro atoms. The summed E-state index contributed by atoms with van der Waals surface area (Å²) in [4.78, 5) is 23.3. The van der Waals surface area contributed by atoms with E-state index >= 15 is 0 Å². The molecule has 0 fully saturated rings. The van der Waals surface area contributed by atoms with Crippen LogP contribution in [0.1, 0.15) is 97.8 Å². The Morgan fingerprint density at radius 3 is 1.81 bits per heavy atom. The lowest BCUT2D eigenvalue weighted by Crippen LogP contribution is -2.38. The zero-order valence-corrected chi connectivity index (χ0v) is 14.4. The van der Waals surface area contributed by atoms with Crippen molar-refractivity contribution >= 4 is 11.7 Å². The van der Waals surface area contributed by atoms with Crippen LogP contribution < -0.4 is 5.32 Å². The molecule has 124 valence electrons. The molecule has 0 aromatic carbocycles. The Bertz CT molecular complexity index is 276. The summed E-state index contributed by atoms with van der Waals surface area (Å²) in [5, 5.41) is 2.80. The molecule has 1 amide bonds. The van der Waals surface area contributed by atoms with E-state index in [0.29, 0.717) is 12.8 Å². The van der Waals surface area contributed by atoms with Gasteiger partial charge in [0.25, 0.3) is 0 Å². The number of rotatable bonds is 14. The number of amides is 1. The topological polar surface area (TPSA) is 46.2 Å². The highest BCUT2D eigenvalue weighted by molar-refractivity contribution is 5.88. The van der Waals surface area contributed by atoms with Crippen molar-refractivity contribution < 1.29 is 9.59 Å². The van der Waals surface area contributed by atoms with Gasteiger partial charge in [-0.15, -0.1) is 0 Å². The van der Waals surface area contributed by atoms with Crippen LogP contribution in [0, 0.1) is 0 Å². The number of nitrogens with one attached hydrogen (secondary N) is 1. The molecule has 0 bridgehead atoms. The number of Topliss-reactive ketones (excluding diaryl/α,β-unsaturated/α-hetero) is 1. The average Bonchev–Trinajstić information content (AvgIpc) is 2.45. The monoisotopic (exact) mass is 297 g/mol. The first-order chi connectivity index (χ1) is 10.1. The molecule has 0 aliphatic heterocycles. The summed E-state index contributed by atoms with van der Waals surface area (Å²) in [6.07, 6.45) is 13.2. The van der Waals surface area contributed by atoms with Crippen LogP contribution in [0.2, 0.25) is 0 Å². The van der Waals surface area contributed by atoms with Gasteiger partial charge in [0.1, 0.15) is 0 Å². The summed E-state index contributed by atoms with van der Waals surface area (Å²) >= 11 is 0. The molecule has 0 heterocycles. The maximum absolute atomic E-state index is 11.7. The minimum absolute atomic E-state index is 0.0231. The van der Waals surface area contributed by atoms with E-state index in [1.807, 2.05) is 6.92 Å². The van der Waals surface area contributed by atoms with Crippen LogP contribution in [0.5, 0.6) is 0 Å². The van der Waals surface area contributed by atoms with Crippen molar-refractivity contribution in [1.82, 2.24) is 5.32 Å². The fraction of sp³-hybridized carbons (Fsp3) is 0.889. The van der Waals surface area contributed by atoms with Gasteiger partial charge in [-0.2, -0.15) is 0 Å². The van der Waals surface area contributed by atoms with Gasteiger partial charge in [-0.25, -0.2) is 0 Å². The first-order valence-corrected chi connectivity index (χ1v) is 8.93. The van der Waals surface area contributed by atoms with Gasteiger partial charge < -0.3 is 5.32 Å². The van der Waals surface area contributed by atoms with Crippen LogP contribution in [0.25, 0.3) is 0 Å². The van der Waals surface area contributed by atoms with Crippen LogP contribution >= 0.6 is 0 Å². The number of carbonyl (C=O) groups excluding carboxylic acids is 2. The average molecular weight is 297 g/mol. The molecule has 3 heteroatoms. The molecular formula is C18H35NO2. The fourth-order valence-electron chi connectivity index (χ4n) is 2.45. The van der Waals surface area contributed by atoms with Gasteiger partial charge in [-0.1, -0.05) is 65.2 Å². The summed E-state index contributed by atoms with van der Waals surface area (Å²) in [6, 6.07) is -0.323. The summed E-state index contributed by atoms with van der Waals surface area (Å²) in [5.41, 5.74) is 0. The second-order valence-electron chi connectivity index (χ2n) is 6.08. The summed E-state index contributed by atoms with van der Waals surface area (Å²) in [6.45, 7) is 6.00. The smallest absolute Gasteiger partial charge is 0.220 e. The van der Waals surface area contributed by atoms with Crippen molar-refractivity contribution in [2.75, 3.05) is 0 Å². The highest BCUT2D eigenvalue weighted by atomic mass is 16.2. The third-order valence-electron chi connectivity index (χ3n) is 3.86. The Morgan fingerprint density at radius 1 is 0.762 bits per heavy atom. The van der Waals surface area contributed by atoms with Crippen LogP contribution in [-0.4, -0.2) is 17.7 Å². The van der Waals surface area contributed by atoms with E-state index in [4.69, 9.17) is 0 Å². The maximum atomic E-state index is 11.7. The zero-order chi connectivity index (χ0) is 15.9. The van der Waals surface area contributed by atoms with Crippen LogP contribution in [0.15, 0.2) is 0 Å². The molecule has 0 radical (unpaired) electrons. The minimum atomic E-state index is -0.323. The van der Waals surface area contributed by atoms with Crippen LogP contribution in [-0.2, 0) is 9.59 Å². The van der Waals surface area contributed by atoms with Crippen molar-refractivity contribution in [2.45, 2.75) is 104 Å². The highest BCUT2D eigenvalue weighted by Gasteiger charge is 2.13. The minimum Gasteiger partial charge on any atom is -0.347 e. The van der Waals surface area contributed by atoms with Gasteiger partial charge in [-0.05, 0) is 19.8 Å². The second kappa shape index (κ2) is 14.1. The van der Waals surface area contributed by atoms with Gasteiger partial charge in [0.15, 0.2) is 5.78 Å². The molecule has 0 saturated heterocycles. The normalized spacial score (nSPS) is 12.1. The molecule has 0 aromatic heterocycles. The molecule has 0 unspecified atom stereocenters. The van der Waals surface area contributed by atoms with Crippen molar-refractivity contribution in [3.63, 3.8) is 0 Å². The molecule has 0 aliphatic carbocycles. The van der Waals surface area contributed by atoms with Gasteiger partial charge in [0.2, 0.25) is 5.91 Å². The lowest BCUT2D eigenvalue weighted by atomic mass is 10.1. The largest absolute Gasteiger partial charge is 0.347 e. The predicted octanol–water partition coefficient (Wildman–Crippen LogP) is 4.78. The van der Waals surface area contributed by atoms with Gasteiger partial charge in [0.05, 0.1) is 6.04 Å². The molecule has 0 aromatic rings. The molecule has 1 N–H and O–H groups in total. The Morgan fingerprint density at radius 2 is 1.29 bits per heavy atom. The van der Waals surface area contributed by atoms with Gasteiger partial charge >= 0.3 is 0 Å². The number of unbranched alkanes of at least 4 members (excludes halogenated alkanes) is 8. The molecule has 0 saturated carbocycles. The Balaban J connectivity index is 3.43. The van der Waals surface area contributed by atoms with E-state index < -0.39 is 0 Å². The third kappa shape index (κ3) is 12.6. The second-order valence-corrected chi connectivity index (χ2v) is 6.08. The van der Waals surface area contributed by atoms with Crippen molar-refractivity contribution in [2.24, 2.45) is 0 Å². The predicted molar refractivity (Wildman–Crippen MR) is 89.4 cm³/mol. The van der Waals surface area contributed by atoms with E-state index in [9.17, 15) is 9.59 Å². The van der Waals surface area contributed by atoms with Crippen molar-refractivity contribution in [3.8, 4) is 0 Å². The number of hydrogen-bond acceptors (Lipinski definition) is 2. The van der Waals surface area contributed by atoms with Crippen molar-refractivity contribution in [3.05, 3.63) is 0 Å². The Labute approximate surface area is 131 Å². The molecule has 3 nitrogen and oxygen atoms in total. The Hall–Kier alpha value is -0.860. The molecular weight excluding hydrogens is 262 g/mol. The van der Waals surface area contributed by atoms with E-state index in [0.717, 1.165) is 19.3 Å². The maximum Gasteiger partial charge on any atom is 0.220 e. The SMILES string of the molecule is CCCCCCCCCCCC(=O)N[C@H](C)C(=O)CCC. The zero-order valence-electron chi connectivity index (χ0n) is 14.4. The lowest BCUT2D eigenvalue weighted by molar-refractivity contribution is -0.127. The lowest BCUT2D eigenvalue weighted by Gasteiger charge is -2.12. The number of hydrogen-bond donors (Lipinski definition) is 1.